The molecule has 0 aliphatic carbocycles. The van der Waals surface area contributed by atoms with Crippen LogP contribution in [0.3, 0.4) is 0 Å². The van der Waals surface area contributed by atoms with E-state index in [2.05, 4.69) is 29.0 Å². The maximum absolute atomic E-state index is 13.1. The number of hydrogen-bond donors (Lipinski definition) is 0. The highest BCUT2D eigenvalue weighted by molar-refractivity contribution is 7.92. The second-order valence-corrected chi connectivity index (χ2v) is 9.12. The van der Waals surface area contributed by atoms with Crippen LogP contribution in [0.2, 0.25) is 0 Å². The third-order valence-electron chi connectivity index (χ3n) is 3.87. The number of pyridine rings is 1. The lowest BCUT2D eigenvalue weighted by molar-refractivity contribution is 0.0551. The summed E-state index contributed by atoms with van der Waals surface area (Å²) in [5.74, 6) is -0.536. The third-order valence-corrected chi connectivity index (χ3v) is 5.43. The molecule has 0 amide bonds. The van der Waals surface area contributed by atoms with E-state index in [-0.39, 0.29) is 11.6 Å². The Morgan fingerprint density at radius 2 is 2.17 bits per heavy atom. The summed E-state index contributed by atoms with van der Waals surface area (Å²) in [7, 11) is -2.66. The van der Waals surface area contributed by atoms with Crippen LogP contribution in [0.25, 0.3) is 17.0 Å². The quantitative estimate of drug-likeness (QED) is 0.431. The number of aryl methyl sites for hydroxylation is 1. The molecule has 0 bridgehead atoms. The minimum absolute atomic E-state index is 0.0627. The first-order chi connectivity index (χ1) is 13.6. The minimum Gasteiger partial charge on any atom is -0.451 e. The molecule has 0 fully saturated rings. The SMILES string of the molecule is Cc1nc2cc(-c3noc(C(F)(F)Cl)n3)ccn2c1N=S(C)(=O)Cc1cocn1. The van der Waals surface area contributed by atoms with Gasteiger partial charge in [-0.05, 0) is 30.7 Å². The van der Waals surface area contributed by atoms with E-state index in [0.29, 0.717) is 28.4 Å². The van der Waals surface area contributed by atoms with Gasteiger partial charge >= 0.3 is 11.3 Å². The molecular formula is C16H13ClF2N6O3S. The van der Waals surface area contributed by atoms with Crippen LogP contribution in [-0.2, 0) is 20.9 Å². The standard InChI is InChI=1S/C16H13ClF2N6O3S/c1-9-14(24-29(2,26)7-11-6-27-8-20-11)25-4-3-10(5-12(25)21-9)13-22-15(28-23-13)16(17,18)19/h3-6,8H,7H2,1-2H3. The number of hydrogen-bond acceptors (Lipinski definition) is 8. The molecule has 29 heavy (non-hydrogen) atoms. The largest absolute Gasteiger partial charge is 0.451 e. The molecular weight excluding hydrogens is 430 g/mol. The fourth-order valence-electron chi connectivity index (χ4n) is 2.65. The van der Waals surface area contributed by atoms with E-state index in [0.717, 1.165) is 0 Å². The van der Waals surface area contributed by atoms with Crippen LogP contribution < -0.4 is 0 Å². The Morgan fingerprint density at radius 3 is 2.83 bits per heavy atom. The van der Waals surface area contributed by atoms with Gasteiger partial charge in [0.2, 0.25) is 5.82 Å². The van der Waals surface area contributed by atoms with Crippen molar-refractivity contribution in [2.24, 2.45) is 4.36 Å². The van der Waals surface area contributed by atoms with Crippen molar-refractivity contribution in [3.05, 3.63) is 48.3 Å². The van der Waals surface area contributed by atoms with Crippen molar-refractivity contribution in [2.75, 3.05) is 6.26 Å². The topological polar surface area (TPSA) is 112 Å². The van der Waals surface area contributed by atoms with Gasteiger partial charge in [0.05, 0.1) is 26.9 Å². The van der Waals surface area contributed by atoms with E-state index in [4.69, 9.17) is 16.0 Å². The average Bonchev–Trinajstić information content (AvgIpc) is 3.35. The lowest BCUT2D eigenvalue weighted by Gasteiger charge is -2.03. The van der Waals surface area contributed by atoms with Gasteiger partial charge in [-0.3, -0.25) is 4.40 Å². The zero-order chi connectivity index (χ0) is 20.8. The molecule has 9 nitrogen and oxygen atoms in total. The Bertz CT molecular complexity index is 1300. The Balaban J connectivity index is 1.73. The number of alkyl halides is 3. The fraction of sp³-hybridized carbons (Fsp3) is 0.250. The van der Waals surface area contributed by atoms with Crippen LogP contribution in [0.4, 0.5) is 14.6 Å². The molecule has 13 heteroatoms. The van der Waals surface area contributed by atoms with Crippen molar-refractivity contribution in [1.82, 2.24) is 24.5 Å². The molecule has 4 rings (SSSR count). The molecule has 1 atom stereocenters. The second-order valence-electron chi connectivity index (χ2n) is 6.26. The van der Waals surface area contributed by atoms with Crippen molar-refractivity contribution in [2.45, 2.75) is 18.1 Å². The number of imidazole rings is 1. The van der Waals surface area contributed by atoms with Gasteiger partial charge in [0, 0.05) is 18.0 Å². The van der Waals surface area contributed by atoms with Gasteiger partial charge in [0.25, 0.3) is 0 Å². The molecule has 4 aromatic heterocycles. The monoisotopic (exact) mass is 442 g/mol. The molecule has 0 radical (unpaired) electrons. The van der Waals surface area contributed by atoms with Crippen LogP contribution in [-0.4, -0.2) is 35.0 Å². The van der Waals surface area contributed by atoms with Crippen molar-refractivity contribution in [3.63, 3.8) is 0 Å². The maximum atomic E-state index is 13.1. The van der Waals surface area contributed by atoms with Crippen LogP contribution in [0.5, 0.6) is 0 Å². The van der Waals surface area contributed by atoms with Gasteiger partial charge in [-0.15, -0.1) is 0 Å². The molecule has 4 heterocycles. The summed E-state index contributed by atoms with van der Waals surface area (Å²) >= 11 is 4.89. The van der Waals surface area contributed by atoms with Crippen LogP contribution in [0, 0.1) is 6.92 Å². The Kier molecular flexibility index (Phi) is 4.62. The van der Waals surface area contributed by atoms with Crippen LogP contribution in [0.1, 0.15) is 17.3 Å². The molecule has 0 saturated heterocycles. The van der Waals surface area contributed by atoms with Gasteiger partial charge < -0.3 is 8.94 Å². The van der Waals surface area contributed by atoms with Crippen LogP contribution >= 0.6 is 11.6 Å². The first-order valence-corrected chi connectivity index (χ1v) is 10.6. The number of rotatable bonds is 5. The summed E-state index contributed by atoms with van der Waals surface area (Å²) in [6, 6.07) is 3.14. The van der Waals surface area contributed by atoms with E-state index >= 15 is 0 Å². The number of nitrogens with zero attached hydrogens (tertiary/aromatic N) is 6. The van der Waals surface area contributed by atoms with Gasteiger partial charge in [-0.2, -0.15) is 18.1 Å². The van der Waals surface area contributed by atoms with Gasteiger partial charge in [-0.1, -0.05) is 5.16 Å². The Labute approximate surface area is 167 Å². The molecule has 0 N–H and O–H groups in total. The molecule has 0 aliphatic rings. The van der Waals surface area contributed by atoms with Gasteiger partial charge in [0.15, 0.2) is 12.2 Å². The first kappa shape index (κ1) is 19.5. The predicted molar refractivity (Wildman–Crippen MR) is 99.3 cm³/mol. The van der Waals surface area contributed by atoms with Crippen molar-refractivity contribution >= 4 is 32.8 Å². The summed E-state index contributed by atoms with van der Waals surface area (Å²) in [5, 5.41) is -0.236. The van der Waals surface area contributed by atoms with Gasteiger partial charge in [-0.25, -0.2) is 14.2 Å². The Morgan fingerprint density at radius 1 is 1.38 bits per heavy atom. The zero-order valence-corrected chi connectivity index (χ0v) is 16.6. The lowest BCUT2D eigenvalue weighted by atomic mass is 10.2. The molecule has 0 aromatic carbocycles. The highest BCUT2D eigenvalue weighted by Crippen LogP contribution is 2.32. The highest BCUT2D eigenvalue weighted by Gasteiger charge is 2.35. The smallest absolute Gasteiger partial charge is 0.400 e. The van der Waals surface area contributed by atoms with Crippen molar-refractivity contribution < 1.29 is 21.9 Å². The third kappa shape index (κ3) is 3.98. The van der Waals surface area contributed by atoms with E-state index in [1.807, 2.05) is 0 Å². The van der Waals surface area contributed by atoms with E-state index in [1.165, 1.54) is 18.9 Å². The number of aromatic nitrogens is 5. The second kappa shape index (κ2) is 6.88. The normalized spacial score (nSPS) is 14.2. The van der Waals surface area contributed by atoms with E-state index < -0.39 is 21.0 Å². The molecule has 1 unspecified atom stereocenters. The average molecular weight is 443 g/mol. The molecule has 4 aromatic rings. The number of halogens is 3. The molecule has 0 saturated carbocycles. The highest BCUT2D eigenvalue weighted by atomic mass is 35.5. The van der Waals surface area contributed by atoms with Gasteiger partial charge in [0.1, 0.15) is 11.9 Å². The van der Waals surface area contributed by atoms with Crippen LogP contribution in [0.15, 0.2) is 44.3 Å². The molecule has 152 valence electrons. The lowest BCUT2D eigenvalue weighted by Crippen LogP contribution is -2.03. The minimum atomic E-state index is -3.75. The fourth-order valence-corrected chi connectivity index (χ4v) is 4.07. The zero-order valence-electron chi connectivity index (χ0n) is 15.0. The van der Waals surface area contributed by atoms with E-state index in [9.17, 15) is 13.0 Å². The first-order valence-electron chi connectivity index (χ1n) is 8.09. The summed E-state index contributed by atoms with van der Waals surface area (Å²) < 4.78 is 54.5. The predicted octanol–water partition coefficient (Wildman–Crippen LogP) is 3.90. The van der Waals surface area contributed by atoms with Crippen molar-refractivity contribution in [1.29, 1.82) is 0 Å². The number of oxazole rings is 1. The Hall–Kier alpha value is -2.86. The van der Waals surface area contributed by atoms with E-state index in [1.54, 1.807) is 29.7 Å². The summed E-state index contributed by atoms with van der Waals surface area (Å²) in [6.07, 6.45) is 5.79. The summed E-state index contributed by atoms with van der Waals surface area (Å²) in [6.45, 7) is 1.72. The number of fused-ring (bicyclic) bond motifs is 1. The summed E-state index contributed by atoms with van der Waals surface area (Å²) in [5.41, 5.74) is 1.90. The maximum Gasteiger partial charge on any atom is 0.400 e. The summed E-state index contributed by atoms with van der Waals surface area (Å²) in [4.78, 5) is 12.0. The molecule has 0 aliphatic heterocycles. The molecule has 0 spiro atoms. The van der Waals surface area contributed by atoms with Crippen molar-refractivity contribution in [3.8, 4) is 11.4 Å².